The lowest BCUT2D eigenvalue weighted by atomic mass is 10.2. The molecule has 0 fully saturated rings. The number of rotatable bonds is 2. The predicted molar refractivity (Wildman–Crippen MR) is 47.3 cm³/mol. The molecule has 0 bridgehead atoms. The second-order valence-electron chi connectivity index (χ2n) is 2.31. The molecule has 0 saturated carbocycles. The minimum atomic E-state index is -0.781. The molecule has 0 amide bonds. The highest BCUT2D eigenvalue weighted by atomic mass is 16.6. The summed E-state index contributed by atoms with van der Waals surface area (Å²) in [6.45, 7) is 0. The van der Waals surface area contributed by atoms with Gasteiger partial charge in [0, 0.05) is 12.1 Å². The van der Waals surface area contributed by atoms with Crippen LogP contribution in [0.1, 0.15) is 10.4 Å². The second kappa shape index (κ2) is 4.05. The Hall–Kier alpha value is -2.35. The lowest BCUT2D eigenvalue weighted by Crippen LogP contribution is -2.01. The number of ether oxygens (including phenoxy) is 1. The molecule has 0 spiro atoms. The van der Waals surface area contributed by atoms with E-state index in [0.717, 1.165) is 6.07 Å². The Balaban J connectivity index is 3.01. The Morgan fingerprint density at radius 1 is 1.57 bits per heavy atom. The predicted octanol–water partition coefficient (Wildman–Crippen LogP) is 1.34. The Kier molecular flexibility index (Phi) is 2.82. The number of esters is 1. The van der Waals surface area contributed by atoms with Gasteiger partial charge >= 0.3 is 5.97 Å². The molecule has 0 radical (unpaired) electrons. The first kappa shape index (κ1) is 9.74. The molecule has 1 aromatic carbocycles. The van der Waals surface area contributed by atoms with E-state index in [1.165, 1.54) is 18.2 Å². The molecule has 0 aliphatic rings. The fraction of sp³-hybridized carbons (Fsp3) is 0. The molecular formula is C9H5NO4. The summed E-state index contributed by atoms with van der Waals surface area (Å²) in [6, 6.07) is 5.13. The first-order chi connectivity index (χ1) is 6.65. The molecule has 0 aliphatic carbocycles. The van der Waals surface area contributed by atoms with Gasteiger partial charge in [0.15, 0.2) is 0 Å². The number of nitro benzene ring substituents is 1. The molecule has 1 rings (SSSR count). The third-order valence-electron chi connectivity index (χ3n) is 1.44. The molecule has 70 valence electrons. The molecule has 0 saturated heterocycles. The van der Waals surface area contributed by atoms with Crippen LogP contribution in [0, 0.1) is 22.6 Å². The number of hydrogen-bond acceptors (Lipinski definition) is 4. The topological polar surface area (TPSA) is 69.4 Å². The summed E-state index contributed by atoms with van der Waals surface area (Å²) in [5, 5.41) is 10.3. The fourth-order valence-corrected chi connectivity index (χ4v) is 0.859. The van der Waals surface area contributed by atoms with E-state index in [1.54, 1.807) is 6.11 Å². The van der Waals surface area contributed by atoms with Gasteiger partial charge in [-0.2, -0.15) is 0 Å². The summed E-state index contributed by atoms with van der Waals surface area (Å²) >= 11 is 0. The summed E-state index contributed by atoms with van der Waals surface area (Å²) in [5.74, 6) is -0.781. The molecule has 0 aliphatic heterocycles. The molecule has 1 aromatic rings. The average molecular weight is 191 g/mol. The largest absolute Gasteiger partial charge is 0.369 e. The van der Waals surface area contributed by atoms with E-state index in [2.05, 4.69) is 4.74 Å². The molecule has 0 aromatic heterocycles. The van der Waals surface area contributed by atoms with Crippen molar-refractivity contribution in [3.63, 3.8) is 0 Å². The van der Waals surface area contributed by atoms with Crippen LogP contribution in [0.3, 0.4) is 0 Å². The van der Waals surface area contributed by atoms with E-state index in [-0.39, 0.29) is 11.3 Å². The van der Waals surface area contributed by atoms with E-state index in [9.17, 15) is 14.9 Å². The van der Waals surface area contributed by atoms with Crippen LogP contribution < -0.4 is 0 Å². The maximum Gasteiger partial charge on any atom is 0.352 e. The molecule has 0 unspecified atom stereocenters. The highest BCUT2D eigenvalue weighted by Gasteiger charge is 2.11. The first-order valence-corrected chi connectivity index (χ1v) is 3.56. The normalized spacial score (nSPS) is 8.79. The van der Waals surface area contributed by atoms with Crippen molar-refractivity contribution in [2.75, 3.05) is 0 Å². The van der Waals surface area contributed by atoms with Crippen molar-refractivity contribution in [3.05, 3.63) is 39.9 Å². The maximum atomic E-state index is 11.0. The summed E-state index contributed by atoms with van der Waals surface area (Å²) < 4.78 is 4.23. The Morgan fingerprint density at radius 2 is 2.29 bits per heavy atom. The van der Waals surface area contributed by atoms with Gasteiger partial charge < -0.3 is 4.74 Å². The smallest absolute Gasteiger partial charge is 0.352 e. The monoisotopic (exact) mass is 191 g/mol. The molecule has 5 nitrogen and oxygen atoms in total. The van der Waals surface area contributed by atoms with E-state index in [1.807, 2.05) is 0 Å². The van der Waals surface area contributed by atoms with Gasteiger partial charge in [0.05, 0.1) is 10.5 Å². The third-order valence-corrected chi connectivity index (χ3v) is 1.44. The van der Waals surface area contributed by atoms with Crippen LogP contribution >= 0.6 is 0 Å². The van der Waals surface area contributed by atoms with Crippen LogP contribution in [-0.2, 0) is 4.74 Å². The van der Waals surface area contributed by atoms with Crippen LogP contribution in [0.2, 0.25) is 0 Å². The number of terminal acetylenes is 1. The van der Waals surface area contributed by atoms with Crippen LogP contribution in [0.5, 0.6) is 0 Å². The SMILES string of the molecule is C#COC(=O)c1cccc([N+](=O)[O-])c1. The van der Waals surface area contributed by atoms with Crippen molar-refractivity contribution in [3.8, 4) is 12.5 Å². The van der Waals surface area contributed by atoms with Crippen LogP contribution in [0.4, 0.5) is 5.69 Å². The molecule has 0 N–H and O–H groups in total. The molecule has 5 heteroatoms. The highest BCUT2D eigenvalue weighted by Crippen LogP contribution is 2.13. The summed E-state index contributed by atoms with van der Waals surface area (Å²) in [5.41, 5.74) is -0.131. The number of nitrogens with zero attached hydrogens (tertiary/aromatic N) is 1. The van der Waals surface area contributed by atoms with Crippen molar-refractivity contribution in [1.82, 2.24) is 0 Å². The summed E-state index contributed by atoms with van der Waals surface area (Å²) in [7, 11) is 0. The standard InChI is InChI=1S/C9H5NO4/c1-2-14-9(11)7-4-3-5-8(6-7)10(12)13/h1,3-6H. The van der Waals surface area contributed by atoms with Gasteiger partial charge in [-0.15, -0.1) is 0 Å². The van der Waals surface area contributed by atoms with Crippen LogP contribution in [0.15, 0.2) is 24.3 Å². The lowest BCUT2D eigenvalue weighted by Gasteiger charge is -1.96. The van der Waals surface area contributed by atoms with Gasteiger partial charge in [-0.1, -0.05) is 12.5 Å². The fourth-order valence-electron chi connectivity index (χ4n) is 0.859. The lowest BCUT2D eigenvalue weighted by molar-refractivity contribution is -0.384. The zero-order chi connectivity index (χ0) is 10.6. The van der Waals surface area contributed by atoms with Gasteiger partial charge in [-0.3, -0.25) is 10.1 Å². The number of carbonyl (C=O) groups excluding carboxylic acids is 1. The number of carbonyl (C=O) groups is 1. The summed E-state index contributed by atoms with van der Waals surface area (Å²) in [6.07, 6.45) is 6.43. The second-order valence-corrected chi connectivity index (χ2v) is 2.31. The van der Waals surface area contributed by atoms with E-state index in [0.29, 0.717) is 0 Å². The Bertz CT molecular complexity index is 419. The van der Waals surface area contributed by atoms with Gasteiger partial charge in [0.1, 0.15) is 6.11 Å². The molecule has 14 heavy (non-hydrogen) atoms. The van der Waals surface area contributed by atoms with Crippen molar-refractivity contribution in [2.24, 2.45) is 0 Å². The van der Waals surface area contributed by atoms with E-state index < -0.39 is 10.9 Å². The zero-order valence-electron chi connectivity index (χ0n) is 6.97. The Labute approximate surface area is 79.5 Å². The zero-order valence-corrected chi connectivity index (χ0v) is 6.97. The van der Waals surface area contributed by atoms with Crippen molar-refractivity contribution >= 4 is 11.7 Å². The number of non-ortho nitro benzene ring substituents is 1. The third kappa shape index (κ3) is 2.08. The minimum Gasteiger partial charge on any atom is -0.369 e. The number of nitro groups is 1. The van der Waals surface area contributed by atoms with Crippen LogP contribution in [-0.4, -0.2) is 10.9 Å². The minimum absolute atomic E-state index is 0.0529. The van der Waals surface area contributed by atoms with E-state index in [4.69, 9.17) is 6.42 Å². The van der Waals surface area contributed by atoms with Gasteiger partial charge in [0.2, 0.25) is 0 Å². The number of benzene rings is 1. The van der Waals surface area contributed by atoms with Crippen molar-refractivity contribution in [1.29, 1.82) is 0 Å². The van der Waals surface area contributed by atoms with E-state index >= 15 is 0 Å². The van der Waals surface area contributed by atoms with Crippen LogP contribution in [0.25, 0.3) is 0 Å². The molecular weight excluding hydrogens is 186 g/mol. The average Bonchev–Trinajstić information content (AvgIpc) is 2.18. The number of hydrogen-bond donors (Lipinski definition) is 0. The van der Waals surface area contributed by atoms with Crippen molar-refractivity contribution in [2.45, 2.75) is 0 Å². The Morgan fingerprint density at radius 3 is 2.86 bits per heavy atom. The molecule has 0 atom stereocenters. The maximum absolute atomic E-state index is 11.0. The quantitative estimate of drug-likeness (QED) is 0.306. The van der Waals surface area contributed by atoms with Gasteiger partial charge in [0.25, 0.3) is 5.69 Å². The molecule has 0 heterocycles. The summed E-state index contributed by atoms with van der Waals surface area (Å²) in [4.78, 5) is 20.8. The van der Waals surface area contributed by atoms with Gasteiger partial charge in [-0.05, 0) is 6.07 Å². The highest BCUT2D eigenvalue weighted by molar-refractivity contribution is 5.90. The van der Waals surface area contributed by atoms with Crippen molar-refractivity contribution < 1.29 is 14.5 Å². The first-order valence-electron chi connectivity index (χ1n) is 3.56. The van der Waals surface area contributed by atoms with Gasteiger partial charge in [-0.25, -0.2) is 4.79 Å².